The number of halogens is 1. The van der Waals surface area contributed by atoms with E-state index in [0.717, 1.165) is 4.47 Å². The molecule has 0 saturated carbocycles. The van der Waals surface area contributed by atoms with E-state index in [2.05, 4.69) is 20.7 Å². The lowest BCUT2D eigenvalue weighted by Gasteiger charge is -2.17. The first-order valence-corrected chi connectivity index (χ1v) is 12.6. The number of benzene rings is 2. The molecule has 3 aromatic rings. The number of sulfone groups is 1. The Morgan fingerprint density at radius 1 is 0.852 bits per heavy atom. The molecule has 1 atom stereocenters. The second-order valence-corrected chi connectivity index (χ2v) is 11.5. The lowest BCUT2D eigenvalue weighted by Crippen LogP contribution is -2.31. The standard InChI is InChI=1S/C18H16BrNO4S3/c19-14-8-10-16(11-9-14)27(23,24)20-13-18(17-7-4-12-25-17)26(21,22)15-5-2-1-3-6-15/h1-12,18,20H,13H2/t18-/m0/s1. The topological polar surface area (TPSA) is 80.3 Å². The molecule has 1 heterocycles. The molecule has 0 fully saturated rings. The maximum Gasteiger partial charge on any atom is 0.240 e. The van der Waals surface area contributed by atoms with Crippen molar-refractivity contribution in [3.05, 3.63) is 81.5 Å². The van der Waals surface area contributed by atoms with E-state index in [1.165, 1.54) is 35.6 Å². The molecular formula is C18H16BrNO4S3. The van der Waals surface area contributed by atoms with Gasteiger partial charge in [-0.3, -0.25) is 0 Å². The van der Waals surface area contributed by atoms with Gasteiger partial charge in [0.1, 0.15) is 5.25 Å². The van der Waals surface area contributed by atoms with Gasteiger partial charge >= 0.3 is 0 Å². The van der Waals surface area contributed by atoms with Crippen molar-refractivity contribution in [1.82, 2.24) is 4.72 Å². The van der Waals surface area contributed by atoms with Gasteiger partial charge in [0.05, 0.1) is 9.79 Å². The Hall–Kier alpha value is -1.52. The fourth-order valence-corrected chi connectivity index (χ4v) is 6.72. The van der Waals surface area contributed by atoms with Crippen molar-refractivity contribution in [2.24, 2.45) is 0 Å². The summed E-state index contributed by atoms with van der Waals surface area (Å²) in [6.45, 7) is -0.254. The Morgan fingerprint density at radius 2 is 1.52 bits per heavy atom. The van der Waals surface area contributed by atoms with Crippen LogP contribution in [-0.2, 0) is 19.9 Å². The lowest BCUT2D eigenvalue weighted by atomic mass is 10.3. The zero-order valence-corrected chi connectivity index (χ0v) is 18.0. The summed E-state index contributed by atoms with van der Waals surface area (Å²) in [4.78, 5) is 0.816. The number of rotatable bonds is 7. The molecule has 142 valence electrons. The summed E-state index contributed by atoms with van der Waals surface area (Å²) in [6, 6.07) is 17.6. The predicted molar refractivity (Wildman–Crippen MR) is 110 cm³/mol. The Balaban J connectivity index is 1.91. The highest BCUT2D eigenvalue weighted by Gasteiger charge is 2.31. The average molecular weight is 486 g/mol. The molecule has 5 nitrogen and oxygen atoms in total. The summed E-state index contributed by atoms with van der Waals surface area (Å²) in [5.74, 6) is 0. The minimum Gasteiger partial charge on any atom is -0.223 e. The van der Waals surface area contributed by atoms with Crippen LogP contribution in [0.4, 0.5) is 0 Å². The summed E-state index contributed by atoms with van der Waals surface area (Å²) in [5.41, 5.74) is 0. The third-order valence-electron chi connectivity index (χ3n) is 3.89. The molecule has 0 saturated heterocycles. The summed E-state index contributed by atoms with van der Waals surface area (Å²) in [5, 5.41) is 0.761. The maximum absolute atomic E-state index is 13.1. The Labute approximate surface area is 171 Å². The lowest BCUT2D eigenvalue weighted by molar-refractivity contribution is 0.569. The van der Waals surface area contributed by atoms with Crippen molar-refractivity contribution in [3.8, 4) is 0 Å². The average Bonchev–Trinajstić information content (AvgIpc) is 3.17. The van der Waals surface area contributed by atoms with Crippen molar-refractivity contribution in [2.45, 2.75) is 15.0 Å². The van der Waals surface area contributed by atoms with Gasteiger partial charge < -0.3 is 0 Å². The highest BCUT2D eigenvalue weighted by Crippen LogP contribution is 2.31. The van der Waals surface area contributed by atoms with E-state index in [1.54, 1.807) is 47.8 Å². The number of thiophene rings is 1. The first-order valence-electron chi connectivity index (χ1n) is 7.88. The van der Waals surface area contributed by atoms with Crippen LogP contribution in [0.25, 0.3) is 0 Å². The van der Waals surface area contributed by atoms with E-state index in [0.29, 0.717) is 4.88 Å². The van der Waals surface area contributed by atoms with Gasteiger partial charge in [-0.1, -0.05) is 40.2 Å². The smallest absolute Gasteiger partial charge is 0.223 e. The molecule has 0 unspecified atom stereocenters. The van der Waals surface area contributed by atoms with Gasteiger partial charge in [0.25, 0.3) is 0 Å². The quantitative estimate of drug-likeness (QED) is 0.548. The third-order valence-corrected chi connectivity index (χ3v) is 9.09. The van der Waals surface area contributed by atoms with E-state index in [4.69, 9.17) is 0 Å². The molecule has 1 aromatic heterocycles. The number of hydrogen-bond donors (Lipinski definition) is 1. The molecule has 0 bridgehead atoms. The van der Waals surface area contributed by atoms with Crippen LogP contribution >= 0.6 is 27.3 Å². The van der Waals surface area contributed by atoms with E-state index >= 15 is 0 Å². The van der Waals surface area contributed by atoms with Crippen molar-refractivity contribution in [3.63, 3.8) is 0 Å². The van der Waals surface area contributed by atoms with E-state index in [1.807, 2.05) is 0 Å². The Morgan fingerprint density at radius 3 is 2.11 bits per heavy atom. The van der Waals surface area contributed by atoms with Gasteiger partial charge in [0, 0.05) is 15.9 Å². The van der Waals surface area contributed by atoms with Crippen LogP contribution < -0.4 is 4.72 Å². The zero-order valence-electron chi connectivity index (χ0n) is 13.9. The van der Waals surface area contributed by atoms with Crippen LogP contribution in [0, 0.1) is 0 Å². The number of nitrogens with one attached hydrogen (secondary N) is 1. The van der Waals surface area contributed by atoms with Crippen LogP contribution in [0.1, 0.15) is 10.1 Å². The number of sulfonamides is 1. The fourth-order valence-electron chi connectivity index (χ4n) is 2.49. The van der Waals surface area contributed by atoms with Crippen LogP contribution in [0.5, 0.6) is 0 Å². The first-order chi connectivity index (χ1) is 12.8. The normalized spacial score (nSPS) is 13.4. The molecular weight excluding hydrogens is 470 g/mol. The molecule has 0 radical (unpaired) electrons. The Kier molecular flexibility index (Phi) is 6.17. The monoisotopic (exact) mass is 485 g/mol. The Bertz CT molecular complexity index is 1100. The van der Waals surface area contributed by atoms with Gasteiger partial charge in [0.2, 0.25) is 10.0 Å². The van der Waals surface area contributed by atoms with Gasteiger partial charge in [-0.2, -0.15) is 0 Å². The second kappa shape index (κ2) is 8.24. The van der Waals surface area contributed by atoms with E-state index in [-0.39, 0.29) is 16.3 Å². The van der Waals surface area contributed by atoms with E-state index < -0.39 is 25.1 Å². The van der Waals surface area contributed by atoms with Gasteiger partial charge in [-0.25, -0.2) is 21.6 Å². The maximum atomic E-state index is 13.1. The predicted octanol–water partition coefficient (Wildman–Crippen LogP) is 4.00. The highest BCUT2D eigenvalue weighted by atomic mass is 79.9. The largest absolute Gasteiger partial charge is 0.240 e. The molecule has 0 amide bonds. The molecule has 0 aliphatic carbocycles. The summed E-state index contributed by atoms with van der Waals surface area (Å²) in [7, 11) is -7.60. The molecule has 0 aliphatic heterocycles. The molecule has 3 rings (SSSR count). The molecule has 0 aliphatic rings. The molecule has 27 heavy (non-hydrogen) atoms. The molecule has 0 spiro atoms. The summed E-state index contributed by atoms with van der Waals surface area (Å²) in [6.07, 6.45) is 0. The molecule has 9 heteroatoms. The first kappa shape index (κ1) is 20.2. The minimum absolute atomic E-state index is 0.0766. The van der Waals surface area contributed by atoms with Crippen molar-refractivity contribution >= 4 is 47.1 Å². The third kappa shape index (κ3) is 4.67. The van der Waals surface area contributed by atoms with Crippen molar-refractivity contribution < 1.29 is 16.8 Å². The summed E-state index contributed by atoms with van der Waals surface area (Å²) < 4.78 is 54.5. The van der Waals surface area contributed by atoms with E-state index in [9.17, 15) is 16.8 Å². The van der Waals surface area contributed by atoms with Crippen LogP contribution in [0.3, 0.4) is 0 Å². The second-order valence-electron chi connectivity index (χ2n) is 5.67. The van der Waals surface area contributed by atoms with Gasteiger partial charge in [-0.15, -0.1) is 11.3 Å². The highest BCUT2D eigenvalue weighted by molar-refractivity contribution is 9.10. The van der Waals surface area contributed by atoms with Crippen LogP contribution in [0.15, 0.2) is 86.4 Å². The van der Waals surface area contributed by atoms with Crippen molar-refractivity contribution in [2.75, 3.05) is 6.54 Å². The minimum atomic E-state index is -3.84. The van der Waals surface area contributed by atoms with Gasteiger partial charge in [0.15, 0.2) is 9.84 Å². The molecule has 2 aromatic carbocycles. The van der Waals surface area contributed by atoms with Gasteiger partial charge in [-0.05, 0) is 47.8 Å². The van der Waals surface area contributed by atoms with Crippen LogP contribution in [0.2, 0.25) is 0 Å². The summed E-state index contributed by atoms with van der Waals surface area (Å²) >= 11 is 4.54. The van der Waals surface area contributed by atoms with Crippen LogP contribution in [-0.4, -0.2) is 23.4 Å². The fraction of sp³-hybridized carbons (Fsp3) is 0.111. The van der Waals surface area contributed by atoms with Crippen molar-refractivity contribution in [1.29, 1.82) is 0 Å². The SMILES string of the molecule is O=S(=O)(NC[C@@H](c1cccs1)S(=O)(=O)c1ccccc1)c1ccc(Br)cc1. The molecule has 1 N–H and O–H groups in total. The zero-order chi connectivity index (χ0) is 19.5. The number of hydrogen-bond acceptors (Lipinski definition) is 5.